The summed E-state index contributed by atoms with van der Waals surface area (Å²) in [7, 11) is 1.56. The molecule has 0 atom stereocenters. The van der Waals surface area contributed by atoms with E-state index in [0.29, 0.717) is 13.2 Å². The second-order valence-electron chi connectivity index (χ2n) is 2.77. The van der Waals surface area contributed by atoms with Gasteiger partial charge in [0.1, 0.15) is 0 Å². The van der Waals surface area contributed by atoms with E-state index in [1.807, 2.05) is 0 Å². The molecule has 0 heterocycles. The summed E-state index contributed by atoms with van der Waals surface area (Å²) < 4.78 is 28.3. The highest BCUT2D eigenvalue weighted by molar-refractivity contribution is 5.81. The fourth-order valence-electron chi connectivity index (χ4n) is 0.829. The minimum atomic E-state index is -2.35. The van der Waals surface area contributed by atoms with E-state index in [4.69, 9.17) is 0 Å². The van der Waals surface area contributed by atoms with Gasteiger partial charge in [-0.05, 0) is 14.0 Å². The first-order chi connectivity index (χ1) is 6.56. The molecule has 0 radical (unpaired) electrons. The fraction of sp³-hybridized carbons (Fsp3) is 0.667. The van der Waals surface area contributed by atoms with E-state index < -0.39 is 12.4 Å². The average molecular weight is 207 g/mol. The molecule has 0 bridgehead atoms. The van der Waals surface area contributed by atoms with Crippen LogP contribution < -0.4 is 0 Å². The highest BCUT2D eigenvalue weighted by Crippen LogP contribution is 1.95. The van der Waals surface area contributed by atoms with E-state index in [-0.39, 0.29) is 6.54 Å². The number of alkyl halides is 2. The van der Waals surface area contributed by atoms with Crippen LogP contribution in [0.15, 0.2) is 12.2 Å². The first kappa shape index (κ1) is 13.0. The fourth-order valence-corrected chi connectivity index (χ4v) is 0.829. The second kappa shape index (κ2) is 7.44. The van der Waals surface area contributed by atoms with Crippen molar-refractivity contribution in [2.45, 2.75) is 13.3 Å². The molecular formula is C9H15F2NO2. The third kappa shape index (κ3) is 7.67. The van der Waals surface area contributed by atoms with Gasteiger partial charge in [0.15, 0.2) is 0 Å². The van der Waals surface area contributed by atoms with Crippen molar-refractivity contribution in [1.29, 1.82) is 0 Å². The van der Waals surface area contributed by atoms with Crippen LogP contribution in [0.1, 0.15) is 6.92 Å². The Morgan fingerprint density at radius 1 is 1.57 bits per heavy atom. The molecule has 0 aromatic rings. The number of carbonyl (C=O) groups excluding carboxylic acids is 1. The summed E-state index contributed by atoms with van der Waals surface area (Å²) in [6.45, 7) is 2.03. The molecule has 3 nitrogen and oxygen atoms in total. The number of hydrogen-bond donors (Lipinski definition) is 0. The Bertz CT molecular complexity index is 195. The summed E-state index contributed by atoms with van der Waals surface area (Å²) in [5.74, 6) is -0.446. The molecule has 0 aliphatic heterocycles. The zero-order valence-electron chi connectivity index (χ0n) is 8.37. The molecule has 0 fully saturated rings. The lowest BCUT2D eigenvalue weighted by atomic mass is 10.4. The molecule has 0 rings (SSSR count). The van der Waals surface area contributed by atoms with Gasteiger partial charge in [-0.1, -0.05) is 6.08 Å². The lowest BCUT2D eigenvalue weighted by molar-refractivity contribution is -0.137. The first-order valence-electron chi connectivity index (χ1n) is 4.36. The van der Waals surface area contributed by atoms with Crippen molar-refractivity contribution in [3.63, 3.8) is 0 Å². The molecule has 5 heteroatoms. The lowest BCUT2D eigenvalue weighted by Gasteiger charge is -2.12. The van der Waals surface area contributed by atoms with E-state index in [1.54, 1.807) is 14.0 Å². The predicted octanol–water partition coefficient (Wildman–Crippen LogP) is 1.30. The first-order valence-corrected chi connectivity index (χ1v) is 4.36. The van der Waals surface area contributed by atoms with Crippen molar-refractivity contribution in [3.05, 3.63) is 12.2 Å². The van der Waals surface area contributed by atoms with E-state index in [9.17, 15) is 13.6 Å². The van der Waals surface area contributed by atoms with Gasteiger partial charge in [0.2, 0.25) is 0 Å². The normalized spacial score (nSPS) is 11.6. The van der Waals surface area contributed by atoms with Crippen LogP contribution in [0.25, 0.3) is 0 Å². The highest BCUT2D eigenvalue weighted by atomic mass is 19.3. The Balaban J connectivity index is 3.64. The quantitative estimate of drug-likeness (QED) is 0.485. The number of carbonyl (C=O) groups is 1. The summed E-state index contributed by atoms with van der Waals surface area (Å²) in [5.41, 5.74) is 0. The number of likely N-dealkylation sites (N-methyl/N-ethyl adjacent to an activating group) is 1. The monoisotopic (exact) mass is 207 g/mol. The molecule has 0 aliphatic carbocycles. The maximum atomic E-state index is 11.8. The summed E-state index contributed by atoms with van der Waals surface area (Å²) >= 11 is 0. The lowest BCUT2D eigenvalue weighted by Crippen LogP contribution is -2.24. The maximum absolute atomic E-state index is 11.8. The summed E-state index contributed by atoms with van der Waals surface area (Å²) in [6, 6.07) is 0. The largest absolute Gasteiger partial charge is 0.463 e. The van der Waals surface area contributed by atoms with Crippen molar-refractivity contribution in [2.24, 2.45) is 0 Å². The third-order valence-corrected chi connectivity index (χ3v) is 1.41. The minimum Gasteiger partial charge on any atom is -0.463 e. The van der Waals surface area contributed by atoms with Crippen LogP contribution in [-0.4, -0.2) is 44.0 Å². The predicted molar refractivity (Wildman–Crippen MR) is 49.3 cm³/mol. The van der Waals surface area contributed by atoms with Gasteiger partial charge in [-0.15, -0.1) is 0 Å². The van der Waals surface area contributed by atoms with Crippen LogP contribution in [0.5, 0.6) is 0 Å². The molecule has 0 saturated heterocycles. The highest BCUT2D eigenvalue weighted by Gasteiger charge is 2.05. The van der Waals surface area contributed by atoms with Gasteiger partial charge in [0.25, 0.3) is 6.43 Å². The molecule has 0 saturated carbocycles. The Morgan fingerprint density at radius 2 is 2.21 bits per heavy atom. The van der Waals surface area contributed by atoms with Crippen LogP contribution in [0.3, 0.4) is 0 Å². The maximum Gasteiger partial charge on any atom is 0.330 e. The smallest absolute Gasteiger partial charge is 0.330 e. The second-order valence-corrected chi connectivity index (χ2v) is 2.77. The Labute approximate surface area is 82.3 Å². The van der Waals surface area contributed by atoms with Crippen molar-refractivity contribution in [1.82, 2.24) is 4.90 Å². The molecule has 0 amide bonds. The van der Waals surface area contributed by atoms with Gasteiger partial charge < -0.3 is 4.74 Å². The molecule has 0 aromatic heterocycles. The van der Waals surface area contributed by atoms with Gasteiger partial charge in [-0.2, -0.15) is 0 Å². The van der Waals surface area contributed by atoms with Crippen molar-refractivity contribution >= 4 is 5.97 Å². The van der Waals surface area contributed by atoms with Gasteiger partial charge >= 0.3 is 5.97 Å². The van der Waals surface area contributed by atoms with E-state index in [1.165, 1.54) is 17.1 Å². The van der Waals surface area contributed by atoms with Gasteiger partial charge in [-0.25, -0.2) is 13.6 Å². The molecule has 82 valence electrons. The average Bonchev–Trinajstić information content (AvgIpc) is 2.02. The van der Waals surface area contributed by atoms with E-state index in [2.05, 4.69) is 4.74 Å². The van der Waals surface area contributed by atoms with Gasteiger partial charge in [-0.3, -0.25) is 4.90 Å². The molecule has 0 aromatic carbocycles. The summed E-state index contributed by atoms with van der Waals surface area (Å²) in [4.78, 5) is 12.2. The third-order valence-electron chi connectivity index (χ3n) is 1.41. The van der Waals surface area contributed by atoms with Gasteiger partial charge in [0.05, 0.1) is 13.2 Å². The van der Waals surface area contributed by atoms with Crippen LogP contribution in [0.2, 0.25) is 0 Å². The van der Waals surface area contributed by atoms with E-state index in [0.717, 1.165) is 0 Å². The van der Waals surface area contributed by atoms with Crippen LogP contribution in [0, 0.1) is 0 Å². The van der Waals surface area contributed by atoms with Crippen molar-refractivity contribution in [3.8, 4) is 0 Å². The Morgan fingerprint density at radius 3 is 2.71 bits per heavy atom. The number of ether oxygens (including phenoxy) is 1. The van der Waals surface area contributed by atoms with E-state index >= 15 is 0 Å². The summed E-state index contributed by atoms with van der Waals surface area (Å²) in [6.07, 6.45) is 0.391. The van der Waals surface area contributed by atoms with Crippen molar-refractivity contribution < 1.29 is 18.3 Å². The topological polar surface area (TPSA) is 29.5 Å². The number of halogens is 2. The van der Waals surface area contributed by atoms with Crippen LogP contribution in [-0.2, 0) is 9.53 Å². The van der Waals surface area contributed by atoms with Gasteiger partial charge in [0, 0.05) is 12.6 Å². The molecule has 0 aliphatic rings. The van der Waals surface area contributed by atoms with Crippen LogP contribution in [0.4, 0.5) is 8.78 Å². The Hall–Kier alpha value is -0.970. The molecular weight excluding hydrogens is 192 g/mol. The van der Waals surface area contributed by atoms with Crippen molar-refractivity contribution in [2.75, 3.05) is 26.7 Å². The molecule has 0 spiro atoms. The van der Waals surface area contributed by atoms with Crippen LogP contribution >= 0.6 is 0 Å². The SMILES string of the molecule is CCOC(=O)/C=C/CN(C)CC(F)F. The number of nitrogens with zero attached hydrogens (tertiary/aromatic N) is 1. The molecule has 14 heavy (non-hydrogen) atoms. The standard InChI is InChI=1S/C9H15F2NO2/c1-3-14-9(13)5-4-6-12(2)7-8(10)11/h4-5,8H,3,6-7H2,1-2H3/b5-4+. The minimum absolute atomic E-state index is 0.298. The molecule has 0 unspecified atom stereocenters. The zero-order valence-corrected chi connectivity index (χ0v) is 8.37. The Kier molecular flexibility index (Phi) is 6.92. The number of esters is 1. The molecule has 0 N–H and O–H groups in total. The zero-order chi connectivity index (χ0) is 11.0. The summed E-state index contributed by atoms with van der Waals surface area (Å²) in [5, 5.41) is 0. The number of rotatable bonds is 6. The number of hydrogen-bond acceptors (Lipinski definition) is 3.